The van der Waals surface area contributed by atoms with Gasteiger partial charge in [0.05, 0.1) is 0 Å². The van der Waals surface area contributed by atoms with Crippen LogP contribution in [0.3, 0.4) is 0 Å². The lowest BCUT2D eigenvalue weighted by molar-refractivity contribution is -0.124. The molecule has 3 aromatic heterocycles. The van der Waals surface area contributed by atoms with Crippen molar-refractivity contribution in [2.45, 2.75) is 18.9 Å². The Morgan fingerprint density at radius 1 is 1.21 bits per heavy atom. The molecule has 1 atom stereocenters. The highest BCUT2D eigenvalue weighted by atomic mass is 32.2. The van der Waals surface area contributed by atoms with Crippen molar-refractivity contribution in [2.75, 3.05) is 18.6 Å². The summed E-state index contributed by atoms with van der Waals surface area (Å²) in [5, 5.41) is 11.3. The van der Waals surface area contributed by atoms with Crippen LogP contribution in [0.15, 0.2) is 48.9 Å². The third kappa shape index (κ3) is 3.79. The summed E-state index contributed by atoms with van der Waals surface area (Å²) in [7, 11) is 0. The largest absolute Gasteiger partial charge is 0.354 e. The third-order valence-corrected chi connectivity index (χ3v) is 4.56. The summed E-state index contributed by atoms with van der Waals surface area (Å²) in [5.41, 5.74) is 0.823. The van der Waals surface area contributed by atoms with Crippen LogP contribution < -0.4 is 5.32 Å². The van der Waals surface area contributed by atoms with Gasteiger partial charge in [0.1, 0.15) is 11.9 Å². The Balaban J connectivity index is 1.59. The van der Waals surface area contributed by atoms with Crippen molar-refractivity contribution in [1.29, 1.82) is 0 Å². The second-order valence-corrected chi connectivity index (χ2v) is 6.50. The lowest BCUT2D eigenvalue weighted by Crippen LogP contribution is -2.34. The van der Waals surface area contributed by atoms with Gasteiger partial charge in [-0.2, -0.15) is 11.8 Å². The minimum absolute atomic E-state index is 0.0501. The first-order valence-corrected chi connectivity index (χ1v) is 9.36. The van der Waals surface area contributed by atoms with Crippen molar-refractivity contribution >= 4 is 23.3 Å². The highest BCUT2D eigenvalue weighted by Crippen LogP contribution is 2.15. The third-order valence-electron chi connectivity index (χ3n) is 3.92. The minimum Gasteiger partial charge on any atom is -0.354 e. The van der Waals surface area contributed by atoms with Gasteiger partial charge >= 0.3 is 0 Å². The second kappa shape index (κ2) is 8.01. The van der Waals surface area contributed by atoms with E-state index in [1.54, 1.807) is 11.8 Å². The fraction of sp³-hybridized carbons (Fsp3) is 0.353. The van der Waals surface area contributed by atoms with Gasteiger partial charge in [0.25, 0.3) is 0 Å². The van der Waals surface area contributed by atoms with Crippen molar-refractivity contribution in [3.8, 4) is 0 Å². The van der Waals surface area contributed by atoms with Crippen LogP contribution in [0.4, 0.5) is 0 Å². The smallest absolute Gasteiger partial charge is 0.243 e. The van der Waals surface area contributed by atoms with E-state index in [0.717, 1.165) is 23.6 Å². The van der Waals surface area contributed by atoms with Crippen LogP contribution in [-0.2, 0) is 11.2 Å². The Morgan fingerprint density at radius 3 is 2.79 bits per heavy atom. The summed E-state index contributed by atoms with van der Waals surface area (Å²) in [6.07, 6.45) is 9.34. The molecule has 0 aliphatic carbocycles. The van der Waals surface area contributed by atoms with E-state index in [1.807, 2.05) is 57.9 Å². The molecule has 126 valence electrons. The van der Waals surface area contributed by atoms with Crippen molar-refractivity contribution in [2.24, 2.45) is 0 Å². The highest BCUT2D eigenvalue weighted by molar-refractivity contribution is 7.98. The predicted molar refractivity (Wildman–Crippen MR) is 96.2 cm³/mol. The maximum Gasteiger partial charge on any atom is 0.243 e. The van der Waals surface area contributed by atoms with Crippen molar-refractivity contribution in [3.63, 3.8) is 0 Å². The number of fused-ring (bicyclic) bond motifs is 1. The quantitative estimate of drug-likeness (QED) is 0.681. The molecule has 3 aromatic rings. The van der Waals surface area contributed by atoms with Crippen LogP contribution in [0.1, 0.15) is 18.3 Å². The standard InChI is InChI=1S/C17H21N5OS/c1-24-13-8-14(21-10-4-5-11-21)17(23)18-9-7-16-20-19-15-6-2-3-12-22(15)16/h2-6,10-12,14H,7-9,13H2,1H3,(H,18,23). The number of thioether (sulfide) groups is 1. The van der Waals surface area contributed by atoms with E-state index >= 15 is 0 Å². The summed E-state index contributed by atoms with van der Waals surface area (Å²) in [6, 6.07) is 9.53. The molecule has 1 amide bonds. The van der Waals surface area contributed by atoms with Gasteiger partial charge in [-0.25, -0.2) is 0 Å². The van der Waals surface area contributed by atoms with Crippen LogP contribution in [-0.4, -0.2) is 43.6 Å². The van der Waals surface area contributed by atoms with E-state index in [4.69, 9.17) is 0 Å². The molecule has 0 saturated heterocycles. The number of rotatable bonds is 8. The van der Waals surface area contributed by atoms with Gasteiger partial charge in [-0.15, -0.1) is 10.2 Å². The molecule has 3 heterocycles. The SMILES string of the molecule is CSCCC(C(=O)NCCc1nnc2ccccn12)n1cccc1. The first-order chi connectivity index (χ1) is 11.8. The molecular formula is C17H21N5OS. The van der Waals surface area contributed by atoms with E-state index in [-0.39, 0.29) is 11.9 Å². The monoisotopic (exact) mass is 343 g/mol. The molecule has 6 nitrogen and oxygen atoms in total. The number of nitrogens with zero attached hydrogens (tertiary/aromatic N) is 4. The van der Waals surface area contributed by atoms with E-state index in [2.05, 4.69) is 21.8 Å². The molecule has 0 spiro atoms. The van der Waals surface area contributed by atoms with Gasteiger partial charge in [0.15, 0.2) is 5.65 Å². The Kier molecular flexibility index (Phi) is 5.53. The predicted octanol–water partition coefficient (Wildman–Crippen LogP) is 2.18. The summed E-state index contributed by atoms with van der Waals surface area (Å²) < 4.78 is 3.92. The van der Waals surface area contributed by atoms with E-state index < -0.39 is 0 Å². The average Bonchev–Trinajstić information content (AvgIpc) is 3.26. The lowest BCUT2D eigenvalue weighted by Gasteiger charge is -2.18. The maximum atomic E-state index is 12.6. The lowest BCUT2D eigenvalue weighted by atomic mass is 10.2. The maximum absolute atomic E-state index is 12.6. The number of carbonyl (C=O) groups is 1. The molecule has 0 aliphatic rings. The molecule has 0 aliphatic heterocycles. The number of hydrogen-bond donors (Lipinski definition) is 1. The number of amides is 1. The fourth-order valence-electron chi connectivity index (χ4n) is 2.68. The highest BCUT2D eigenvalue weighted by Gasteiger charge is 2.18. The molecule has 0 aromatic carbocycles. The van der Waals surface area contributed by atoms with Crippen LogP contribution >= 0.6 is 11.8 Å². The van der Waals surface area contributed by atoms with Gasteiger partial charge in [0, 0.05) is 31.6 Å². The van der Waals surface area contributed by atoms with Gasteiger partial charge < -0.3 is 9.88 Å². The summed E-state index contributed by atoms with van der Waals surface area (Å²) in [4.78, 5) is 12.6. The topological polar surface area (TPSA) is 64.2 Å². The zero-order chi connectivity index (χ0) is 16.8. The Hall–Kier alpha value is -2.28. The van der Waals surface area contributed by atoms with Crippen molar-refractivity contribution < 1.29 is 4.79 Å². The molecule has 0 fully saturated rings. The van der Waals surface area contributed by atoms with Crippen LogP contribution in [0.2, 0.25) is 0 Å². The average molecular weight is 343 g/mol. The second-order valence-electron chi connectivity index (χ2n) is 5.51. The van der Waals surface area contributed by atoms with E-state index in [9.17, 15) is 4.79 Å². The molecule has 0 radical (unpaired) electrons. The van der Waals surface area contributed by atoms with Gasteiger partial charge in [0.2, 0.25) is 5.91 Å². The minimum atomic E-state index is -0.164. The molecule has 3 rings (SSSR count). The summed E-state index contributed by atoms with van der Waals surface area (Å²) in [6.45, 7) is 0.547. The normalized spacial score (nSPS) is 12.4. The fourth-order valence-corrected chi connectivity index (χ4v) is 3.14. The number of nitrogens with one attached hydrogen (secondary N) is 1. The molecule has 1 N–H and O–H groups in total. The Labute approximate surface area is 145 Å². The van der Waals surface area contributed by atoms with Gasteiger partial charge in [-0.05, 0) is 42.7 Å². The summed E-state index contributed by atoms with van der Waals surface area (Å²) in [5.74, 6) is 1.85. The van der Waals surface area contributed by atoms with Crippen LogP contribution in [0.5, 0.6) is 0 Å². The number of carbonyl (C=O) groups excluding carboxylic acids is 1. The van der Waals surface area contributed by atoms with E-state index in [0.29, 0.717) is 13.0 Å². The van der Waals surface area contributed by atoms with Crippen molar-refractivity contribution in [1.82, 2.24) is 24.5 Å². The molecule has 0 bridgehead atoms. The zero-order valence-corrected chi connectivity index (χ0v) is 14.4. The molecule has 7 heteroatoms. The molecule has 24 heavy (non-hydrogen) atoms. The Morgan fingerprint density at radius 2 is 2.00 bits per heavy atom. The molecule has 1 unspecified atom stereocenters. The van der Waals surface area contributed by atoms with E-state index in [1.165, 1.54) is 0 Å². The van der Waals surface area contributed by atoms with Crippen LogP contribution in [0, 0.1) is 0 Å². The van der Waals surface area contributed by atoms with Gasteiger partial charge in [-0.1, -0.05) is 6.07 Å². The molecular weight excluding hydrogens is 322 g/mol. The number of aromatic nitrogens is 4. The van der Waals surface area contributed by atoms with Gasteiger partial charge in [-0.3, -0.25) is 9.20 Å². The van der Waals surface area contributed by atoms with Crippen molar-refractivity contribution in [3.05, 3.63) is 54.7 Å². The Bertz CT molecular complexity index is 783. The molecule has 0 saturated carbocycles. The first kappa shape index (κ1) is 16.6. The summed E-state index contributed by atoms with van der Waals surface area (Å²) >= 11 is 1.75. The first-order valence-electron chi connectivity index (χ1n) is 7.97. The number of hydrogen-bond acceptors (Lipinski definition) is 4. The van der Waals surface area contributed by atoms with Crippen LogP contribution in [0.25, 0.3) is 5.65 Å². The zero-order valence-electron chi connectivity index (χ0n) is 13.6. The number of pyridine rings is 1.